The molecule has 6 heteroatoms. The standard InChI is InChI=1S/C18H24N2O3S/c1-15-6-2-3-9-18(15)24(21,22)19-12-16-7-4-10-20(13-16)14-17-8-5-11-23-17/h2-3,5-6,8-9,11,16,19H,4,7,10,12-14H2,1H3/t16-/m1/s1. The molecule has 1 atom stereocenters. The molecular weight excluding hydrogens is 324 g/mol. The Morgan fingerprint density at radius 2 is 2.08 bits per heavy atom. The molecule has 130 valence electrons. The van der Waals surface area contributed by atoms with Gasteiger partial charge in [0, 0.05) is 13.1 Å². The van der Waals surface area contributed by atoms with Crippen molar-refractivity contribution in [2.45, 2.75) is 31.2 Å². The number of likely N-dealkylation sites (tertiary alicyclic amines) is 1. The van der Waals surface area contributed by atoms with Gasteiger partial charge in [0.25, 0.3) is 0 Å². The maximum Gasteiger partial charge on any atom is 0.240 e. The Balaban J connectivity index is 1.57. The largest absolute Gasteiger partial charge is 0.468 e. The number of benzene rings is 1. The van der Waals surface area contributed by atoms with Crippen molar-refractivity contribution >= 4 is 10.0 Å². The number of sulfonamides is 1. The molecule has 1 aliphatic rings. The topological polar surface area (TPSA) is 62.6 Å². The highest BCUT2D eigenvalue weighted by Gasteiger charge is 2.23. The molecule has 1 N–H and O–H groups in total. The highest BCUT2D eigenvalue weighted by Crippen LogP contribution is 2.20. The third kappa shape index (κ3) is 4.26. The number of rotatable bonds is 6. The van der Waals surface area contributed by atoms with Crippen molar-refractivity contribution in [1.29, 1.82) is 0 Å². The molecule has 1 aliphatic heterocycles. The quantitative estimate of drug-likeness (QED) is 0.872. The van der Waals surface area contributed by atoms with Crippen molar-refractivity contribution in [1.82, 2.24) is 9.62 Å². The van der Waals surface area contributed by atoms with Gasteiger partial charge in [-0.1, -0.05) is 18.2 Å². The van der Waals surface area contributed by atoms with Crippen molar-refractivity contribution < 1.29 is 12.8 Å². The fourth-order valence-electron chi connectivity index (χ4n) is 3.25. The Labute approximate surface area is 143 Å². The third-order valence-electron chi connectivity index (χ3n) is 4.51. The molecule has 0 saturated carbocycles. The van der Waals surface area contributed by atoms with E-state index in [1.165, 1.54) is 0 Å². The monoisotopic (exact) mass is 348 g/mol. The average molecular weight is 348 g/mol. The van der Waals surface area contributed by atoms with Gasteiger partial charge in [0.2, 0.25) is 10.0 Å². The number of nitrogens with one attached hydrogen (secondary N) is 1. The molecule has 0 unspecified atom stereocenters. The van der Waals surface area contributed by atoms with Crippen LogP contribution in [0.4, 0.5) is 0 Å². The molecule has 1 fully saturated rings. The number of hydrogen-bond acceptors (Lipinski definition) is 4. The van der Waals surface area contributed by atoms with Crippen LogP contribution in [0.1, 0.15) is 24.2 Å². The average Bonchev–Trinajstić information content (AvgIpc) is 3.07. The van der Waals surface area contributed by atoms with Gasteiger partial charge in [-0.15, -0.1) is 0 Å². The van der Waals surface area contributed by atoms with Crippen molar-refractivity contribution in [2.24, 2.45) is 5.92 Å². The molecule has 0 radical (unpaired) electrons. The minimum Gasteiger partial charge on any atom is -0.468 e. The third-order valence-corrected chi connectivity index (χ3v) is 6.09. The SMILES string of the molecule is Cc1ccccc1S(=O)(=O)NC[C@H]1CCCN(Cc2ccco2)C1. The lowest BCUT2D eigenvalue weighted by Gasteiger charge is -2.32. The number of piperidine rings is 1. The van der Waals surface area contributed by atoms with Gasteiger partial charge in [0.15, 0.2) is 0 Å². The van der Waals surface area contributed by atoms with Gasteiger partial charge < -0.3 is 4.42 Å². The van der Waals surface area contributed by atoms with Gasteiger partial charge in [0.05, 0.1) is 17.7 Å². The number of aryl methyl sites for hydroxylation is 1. The van der Waals surface area contributed by atoms with Gasteiger partial charge in [-0.25, -0.2) is 13.1 Å². The van der Waals surface area contributed by atoms with Gasteiger partial charge in [-0.05, 0) is 56.0 Å². The molecule has 0 amide bonds. The summed E-state index contributed by atoms with van der Waals surface area (Å²) in [6.07, 6.45) is 3.81. The first-order chi connectivity index (χ1) is 11.5. The molecule has 1 aromatic carbocycles. The maximum atomic E-state index is 12.5. The van der Waals surface area contributed by atoms with Crippen LogP contribution in [0.2, 0.25) is 0 Å². The van der Waals surface area contributed by atoms with Crippen LogP contribution in [0.5, 0.6) is 0 Å². The van der Waals surface area contributed by atoms with Crippen molar-refractivity contribution in [3.8, 4) is 0 Å². The van der Waals surface area contributed by atoms with Crippen molar-refractivity contribution in [3.63, 3.8) is 0 Å². The summed E-state index contributed by atoms with van der Waals surface area (Å²) in [5, 5.41) is 0. The lowest BCUT2D eigenvalue weighted by molar-refractivity contribution is 0.158. The van der Waals surface area contributed by atoms with E-state index in [0.717, 1.165) is 43.8 Å². The molecular formula is C18H24N2O3S. The summed E-state index contributed by atoms with van der Waals surface area (Å²) in [6, 6.07) is 11.0. The van der Waals surface area contributed by atoms with E-state index in [9.17, 15) is 8.42 Å². The second-order valence-electron chi connectivity index (χ2n) is 6.44. The Hall–Kier alpha value is -1.63. The lowest BCUT2D eigenvalue weighted by atomic mass is 9.98. The van der Waals surface area contributed by atoms with E-state index in [4.69, 9.17) is 4.42 Å². The highest BCUT2D eigenvalue weighted by atomic mass is 32.2. The van der Waals surface area contributed by atoms with Crippen LogP contribution < -0.4 is 4.72 Å². The maximum absolute atomic E-state index is 12.5. The first kappa shape index (κ1) is 17.2. The highest BCUT2D eigenvalue weighted by molar-refractivity contribution is 7.89. The van der Waals surface area contributed by atoms with Crippen LogP contribution in [0, 0.1) is 12.8 Å². The fourth-order valence-corrected chi connectivity index (χ4v) is 4.61. The molecule has 1 saturated heterocycles. The summed E-state index contributed by atoms with van der Waals surface area (Å²) in [5.74, 6) is 1.28. The molecule has 0 spiro atoms. The minimum absolute atomic E-state index is 0.326. The van der Waals surface area contributed by atoms with Crippen LogP contribution in [-0.4, -0.2) is 33.0 Å². The molecule has 3 rings (SSSR count). The summed E-state index contributed by atoms with van der Waals surface area (Å²) >= 11 is 0. The Kier molecular flexibility index (Phi) is 5.38. The summed E-state index contributed by atoms with van der Waals surface area (Å²) in [4.78, 5) is 2.70. The second-order valence-corrected chi connectivity index (χ2v) is 8.18. The predicted molar refractivity (Wildman–Crippen MR) is 93.1 cm³/mol. The van der Waals surface area contributed by atoms with E-state index >= 15 is 0 Å². The first-order valence-corrected chi connectivity index (χ1v) is 9.83. The van der Waals surface area contributed by atoms with E-state index in [1.807, 2.05) is 31.2 Å². The zero-order chi connectivity index (χ0) is 17.0. The van der Waals surface area contributed by atoms with E-state index in [0.29, 0.717) is 17.4 Å². The van der Waals surface area contributed by atoms with E-state index in [2.05, 4.69) is 9.62 Å². The number of hydrogen-bond donors (Lipinski definition) is 1. The normalized spacial score (nSPS) is 19.5. The zero-order valence-corrected chi connectivity index (χ0v) is 14.8. The Bertz CT molecular complexity index is 756. The van der Waals surface area contributed by atoms with Crippen LogP contribution in [0.3, 0.4) is 0 Å². The predicted octanol–water partition coefficient (Wildman–Crippen LogP) is 2.78. The Morgan fingerprint density at radius 1 is 1.25 bits per heavy atom. The summed E-state index contributed by atoms with van der Waals surface area (Å²) in [6.45, 7) is 5.00. The Morgan fingerprint density at radius 3 is 2.83 bits per heavy atom. The second kappa shape index (κ2) is 7.51. The zero-order valence-electron chi connectivity index (χ0n) is 13.9. The fraction of sp³-hybridized carbons (Fsp3) is 0.444. The van der Waals surface area contributed by atoms with Crippen LogP contribution >= 0.6 is 0 Å². The van der Waals surface area contributed by atoms with E-state index in [1.54, 1.807) is 18.4 Å². The molecule has 5 nitrogen and oxygen atoms in total. The summed E-state index contributed by atoms with van der Waals surface area (Å²) in [5.41, 5.74) is 0.771. The number of furan rings is 1. The molecule has 0 bridgehead atoms. The summed E-state index contributed by atoms with van der Waals surface area (Å²) < 4.78 is 33.2. The molecule has 2 aromatic rings. The van der Waals surface area contributed by atoms with Crippen molar-refractivity contribution in [2.75, 3.05) is 19.6 Å². The molecule has 2 heterocycles. The molecule has 24 heavy (non-hydrogen) atoms. The van der Waals surface area contributed by atoms with Crippen molar-refractivity contribution in [3.05, 3.63) is 54.0 Å². The van der Waals surface area contributed by atoms with E-state index < -0.39 is 10.0 Å². The summed E-state index contributed by atoms with van der Waals surface area (Å²) in [7, 11) is -3.44. The first-order valence-electron chi connectivity index (χ1n) is 8.34. The van der Waals surface area contributed by atoms with Crippen LogP contribution in [0.25, 0.3) is 0 Å². The van der Waals surface area contributed by atoms with Gasteiger partial charge in [-0.2, -0.15) is 0 Å². The van der Waals surface area contributed by atoms with Crippen LogP contribution in [-0.2, 0) is 16.6 Å². The van der Waals surface area contributed by atoms with Gasteiger partial charge in [-0.3, -0.25) is 4.90 Å². The molecule has 0 aliphatic carbocycles. The number of nitrogens with zero attached hydrogens (tertiary/aromatic N) is 1. The smallest absolute Gasteiger partial charge is 0.240 e. The van der Waals surface area contributed by atoms with Gasteiger partial charge in [0.1, 0.15) is 5.76 Å². The lowest BCUT2D eigenvalue weighted by Crippen LogP contribution is -2.40. The minimum atomic E-state index is -3.44. The van der Waals surface area contributed by atoms with E-state index in [-0.39, 0.29) is 0 Å². The van der Waals surface area contributed by atoms with Gasteiger partial charge >= 0.3 is 0 Å². The van der Waals surface area contributed by atoms with Crippen LogP contribution in [0.15, 0.2) is 52.0 Å². The molecule has 1 aromatic heterocycles.